The fourth-order valence-electron chi connectivity index (χ4n) is 3.13. The van der Waals surface area contributed by atoms with Gasteiger partial charge in [0.15, 0.2) is 5.54 Å². The molecule has 7 nitrogen and oxygen atoms in total. The number of hydrogen-bond donors (Lipinski definition) is 3. The minimum absolute atomic E-state index is 0.0606. The number of nitrogens with zero attached hydrogens (tertiary/aromatic N) is 2. The molecular weight excluding hydrogens is 413 g/mol. The SMILES string of the molecule is CC1(C2(C(F)F)COCC(N)=N2)CC(N)=CC(Cl)=C1F.O=C(O)c1ccccn1. The second-order valence-corrected chi connectivity index (χ2v) is 7.14. The lowest BCUT2D eigenvalue weighted by Crippen LogP contribution is -2.59. The van der Waals surface area contributed by atoms with Crippen molar-refractivity contribution >= 4 is 23.4 Å². The van der Waals surface area contributed by atoms with Crippen LogP contribution in [0.1, 0.15) is 23.8 Å². The number of nitrogens with two attached hydrogens (primary N) is 2. The van der Waals surface area contributed by atoms with Crippen molar-refractivity contribution in [3.8, 4) is 0 Å². The summed E-state index contributed by atoms with van der Waals surface area (Å²) in [5.41, 5.74) is 7.62. The molecule has 29 heavy (non-hydrogen) atoms. The molecule has 0 amide bonds. The van der Waals surface area contributed by atoms with Crippen molar-refractivity contribution in [2.75, 3.05) is 13.2 Å². The third kappa shape index (κ3) is 4.54. The van der Waals surface area contributed by atoms with E-state index in [1.807, 2.05) is 0 Å². The van der Waals surface area contributed by atoms with Gasteiger partial charge in [-0.1, -0.05) is 24.6 Å². The number of rotatable bonds is 3. The molecule has 0 radical (unpaired) electrons. The summed E-state index contributed by atoms with van der Waals surface area (Å²) in [6.45, 7) is 0.796. The Labute approximate surface area is 169 Å². The number of amidine groups is 1. The van der Waals surface area contributed by atoms with E-state index in [4.69, 9.17) is 32.9 Å². The van der Waals surface area contributed by atoms with Crippen molar-refractivity contribution in [2.45, 2.75) is 25.3 Å². The molecule has 0 saturated heterocycles. The van der Waals surface area contributed by atoms with E-state index in [0.717, 1.165) is 0 Å². The third-order valence-corrected chi connectivity index (χ3v) is 4.95. The van der Waals surface area contributed by atoms with Crippen molar-refractivity contribution < 1.29 is 27.8 Å². The number of aliphatic imine (C=N–C) groups is 1. The van der Waals surface area contributed by atoms with Crippen molar-refractivity contribution in [1.82, 2.24) is 4.98 Å². The first kappa shape index (κ1) is 22.7. The van der Waals surface area contributed by atoms with Crippen LogP contribution in [-0.2, 0) is 4.74 Å². The highest BCUT2D eigenvalue weighted by atomic mass is 35.5. The van der Waals surface area contributed by atoms with E-state index in [0.29, 0.717) is 0 Å². The van der Waals surface area contributed by atoms with Crippen LogP contribution in [0.15, 0.2) is 52.0 Å². The maximum Gasteiger partial charge on any atom is 0.354 e. The summed E-state index contributed by atoms with van der Waals surface area (Å²) in [5.74, 6) is -1.97. The highest BCUT2D eigenvalue weighted by Gasteiger charge is 2.60. The predicted molar refractivity (Wildman–Crippen MR) is 101 cm³/mol. The van der Waals surface area contributed by atoms with Crippen molar-refractivity contribution in [3.63, 3.8) is 0 Å². The fourth-order valence-corrected chi connectivity index (χ4v) is 3.47. The minimum Gasteiger partial charge on any atom is -0.477 e. The zero-order valence-electron chi connectivity index (χ0n) is 15.4. The van der Waals surface area contributed by atoms with Crippen LogP contribution >= 0.6 is 11.6 Å². The lowest BCUT2D eigenvalue weighted by Gasteiger charge is -2.47. The van der Waals surface area contributed by atoms with Gasteiger partial charge >= 0.3 is 5.97 Å². The molecule has 0 aromatic carbocycles. The number of aromatic nitrogens is 1. The zero-order chi connectivity index (χ0) is 21.8. The number of pyridine rings is 1. The third-order valence-electron chi connectivity index (χ3n) is 4.68. The molecule has 2 aliphatic rings. The molecule has 1 aliphatic carbocycles. The van der Waals surface area contributed by atoms with Gasteiger partial charge in [-0.2, -0.15) is 0 Å². The van der Waals surface area contributed by atoms with E-state index in [2.05, 4.69) is 9.98 Å². The maximum absolute atomic E-state index is 14.5. The summed E-state index contributed by atoms with van der Waals surface area (Å²) in [6.07, 6.45) is -0.454. The van der Waals surface area contributed by atoms with Gasteiger partial charge in [-0.25, -0.2) is 22.9 Å². The van der Waals surface area contributed by atoms with E-state index < -0.39 is 35.8 Å². The van der Waals surface area contributed by atoms with Crippen LogP contribution in [0.4, 0.5) is 13.2 Å². The Bertz CT molecular complexity index is 863. The standard InChI is InChI=1S/C12H15ClF3N3O.C6H5NO2/c1-11(3-6(17)2-7(13)9(11)14)12(10(15)16)5-20-4-8(18)19-12;8-6(9)5-3-1-2-4-7-5/h2,10H,3-5,17H2,1H3,(H2,18,19);1-4H,(H,8,9). The number of carboxylic acids is 1. The fraction of sp³-hybridized carbons (Fsp3) is 0.389. The number of hydrogen-bond acceptors (Lipinski definition) is 6. The summed E-state index contributed by atoms with van der Waals surface area (Å²) in [4.78, 5) is 17.5. The minimum atomic E-state index is -2.98. The lowest BCUT2D eigenvalue weighted by atomic mass is 9.65. The Morgan fingerprint density at radius 3 is 2.55 bits per heavy atom. The number of aromatic carboxylic acids is 1. The first-order valence-corrected chi connectivity index (χ1v) is 8.77. The van der Waals surface area contributed by atoms with E-state index in [1.165, 1.54) is 25.3 Å². The van der Waals surface area contributed by atoms with Crippen LogP contribution in [-0.4, -0.2) is 47.1 Å². The smallest absolute Gasteiger partial charge is 0.354 e. The summed E-state index contributed by atoms with van der Waals surface area (Å²) >= 11 is 5.75. The second kappa shape index (κ2) is 8.83. The summed E-state index contributed by atoms with van der Waals surface area (Å²) in [7, 11) is 0. The lowest BCUT2D eigenvalue weighted by molar-refractivity contribution is -0.0703. The molecule has 5 N–H and O–H groups in total. The molecule has 2 atom stereocenters. The molecule has 0 saturated carbocycles. The highest BCUT2D eigenvalue weighted by molar-refractivity contribution is 6.31. The molecule has 2 unspecified atom stereocenters. The number of allylic oxidation sites excluding steroid dienone is 3. The van der Waals surface area contributed by atoms with Gasteiger partial charge in [-0.15, -0.1) is 0 Å². The van der Waals surface area contributed by atoms with E-state index >= 15 is 0 Å². The first-order valence-electron chi connectivity index (χ1n) is 8.39. The van der Waals surface area contributed by atoms with Crippen molar-refractivity contribution in [1.29, 1.82) is 0 Å². The molecule has 158 valence electrons. The summed E-state index contributed by atoms with van der Waals surface area (Å²) in [6, 6.07) is 4.76. The number of carbonyl (C=O) groups is 1. The molecule has 11 heteroatoms. The Hall–Kier alpha value is -2.59. The largest absolute Gasteiger partial charge is 0.477 e. The van der Waals surface area contributed by atoms with Gasteiger partial charge in [0.25, 0.3) is 6.43 Å². The number of alkyl halides is 2. The molecule has 0 spiro atoms. The molecule has 0 bridgehead atoms. The zero-order valence-corrected chi connectivity index (χ0v) is 16.2. The van der Waals surface area contributed by atoms with Gasteiger partial charge in [0, 0.05) is 18.3 Å². The highest BCUT2D eigenvalue weighted by Crippen LogP contribution is 2.53. The Balaban J connectivity index is 0.000000278. The molecule has 2 heterocycles. The van der Waals surface area contributed by atoms with Crippen molar-refractivity contribution in [3.05, 3.63) is 52.7 Å². The van der Waals surface area contributed by atoms with Crippen molar-refractivity contribution in [2.24, 2.45) is 21.9 Å². The van der Waals surface area contributed by atoms with Crippen LogP contribution in [0.25, 0.3) is 0 Å². The summed E-state index contributed by atoms with van der Waals surface area (Å²) in [5, 5.41) is 8.03. The first-order chi connectivity index (χ1) is 13.5. The number of ether oxygens (including phenoxy) is 1. The van der Waals surface area contributed by atoms with Gasteiger partial charge in [0.05, 0.1) is 17.1 Å². The van der Waals surface area contributed by atoms with Gasteiger partial charge in [-0.3, -0.25) is 4.99 Å². The molecule has 1 aromatic heterocycles. The van der Waals surface area contributed by atoms with Gasteiger partial charge < -0.3 is 21.3 Å². The normalized spacial score (nSPS) is 27.0. The molecule has 3 rings (SSSR count). The van der Waals surface area contributed by atoms with Gasteiger partial charge in [-0.05, 0) is 18.2 Å². The van der Waals surface area contributed by atoms with Gasteiger partial charge in [0.2, 0.25) is 0 Å². The van der Waals surface area contributed by atoms with E-state index in [-0.39, 0.29) is 35.3 Å². The van der Waals surface area contributed by atoms with Crippen LogP contribution in [0, 0.1) is 5.41 Å². The number of carboxylic acid groups (broad SMARTS) is 1. The predicted octanol–water partition coefficient (Wildman–Crippen LogP) is 2.83. The average Bonchev–Trinajstić information content (AvgIpc) is 2.67. The van der Waals surface area contributed by atoms with Crippen LogP contribution in [0.3, 0.4) is 0 Å². The second-order valence-electron chi connectivity index (χ2n) is 6.73. The molecular formula is C18H20ClF3N4O3. The Kier molecular flexibility index (Phi) is 6.91. The molecule has 1 aromatic rings. The molecule has 1 aliphatic heterocycles. The quantitative estimate of drug-likeness (QED) is 0.674. The average molecular weight is 433 g/mol. The monoisotopic (exact) mass is 432 g/mol. The Morgan fingerprint density at radius 1 is 1.38 bits per heavy atom. The maximum atomic E-state index is 14.5. The summed E-state index contributed by atoms with van der Waals surface area (Å²) < 4.78 is 46.9. The molecule has 0 fully saturated rings. The van der Waals surface area contributed by atoms with Gasteiger partial charge in [0.1, 0.15) is 24.0 Å². The topological polar surface area (TPSA) is 124 Å². The van der Waals surface area contributed by atoms with Crippen LogP contribution in [0.5, 0.6) is 0 Å². The van der Waals surface area contributed by atoms with E-state index in [1.54, 1.807) is 12.1 Å². The Morgan fingerprint density at radius 2 is 2.07 bits per heavy atom. The van der Waals surface area contributed by atoms with Crippen LogP contribution < -0.4 is 11.5 Å². The van der Waals surface area contributed by atoms with Crippen LogP contribution in [0.2, 0.25) is 0 Å². The number of halogens is 4. The van der Waals surface area contributed by atoms with E-state index in [9.17, 15) is 18.0 Å².